The third-order valence-corrected chi connectivity index (χ3v) is 3.05. The molecular formula is C15H21NO3. The van der Waals surface area contributed by atoms with Crippen LogP contribution in [0.5, 0.6) is 0 Å². The van der Waals surface area contributed by atoms with Crippen LogP contribution < -0.4 is 4.90 Å². The van der Waals surface area contributed by atoms with Crippen molar-refractivity contribution in [3.63, 3.8) is 0 Å². The summed E-state index contributed by atoms with van der Waals surface area (Å²) >= 11 is 0. The Hall–Kier alpha value is -1.55. The van der Waals surface area contributed by atoms with Crippen molar-refractivity contribution in [2.45, 2.75) is 45.8 Å². The molecular weight excluding hydrogens is 242 g/mol. The summed E-state index contributed by atoms with van der Waals surface area (Å²) in [5.74, 6) is 0. The number of rotatable bonds is 0. The van der Waals surface area contributed by atoms with E-state index in [1.165, 1.54) is 0 Å². The first-order valence-corrected chi connectivity index (χ1v) is 6.55. The van der Waals surface area contributed by atoms with Crippen LogP contribution in [-0.2, 0) is 11.2 Å². The molecule has 0 saturated heterocycles. The highest BCUT2D eigenvalue weighted by molar-refractivity contribution is 5.90. The van der Waals surface area contributed by atoms with E-state index in [-0.39, 0.29) is 6.54 Å². The monoisotopic (exact) mass is 263 g/mol. The number of β-amino-alcohol motifs (C(OH)–C–C–N with tert-alkyl or cyclic N) is 1. The van der Waals surface area contributed by atoms with Crippen molar-refractivity contribution in [1.29, 1.82) is 0 Å². The molecule has 1 atom stereocenters. The first-order valence-electron chi connectivity index (χ1n) is 6.55. The van der Waals surface area contributed by atoms with E-state index in [4.69, 9.17) is 4.74 Å². The van der Waals surface area contributed by atoms with Crippen molar-refractivity contribution in [3.8, 4) is 0 Å². The molecule has 1 aliphatic rings. The third kappa shape index (κ3) is 3.07. The Labute approximate surface area is 114 Å². The lowest BCUT2D eigenvalue weighted by Gasteiger charge is -2.34. The minimum absolute atomic E-state index is 0.284. The van der Waals surface area contributed by atoms with Gasteiger partial charge in [0.1, 0.15) is 5.60 Å². The van der Waals surface area contributed by atoms with Crippen LogP contribution in [0, 0.1) is 6.92 Å². The van der Waals surface area contributed by atoms with Crippen molar-refractivity contribution in [2.24, 2.45) is 0 Å². The number of hydrogen-bond acceptors (Lipinski definition) is 3. The summed E-state index contributed by atoms with van der Waals surface area (Å²) in [5.41, 5.74) is 2.35. The molecule has 104 valence electrons. The standard InChI is InChI=1S/C15H21NO3/c1-10-6-5-7-11-8-12(17)9-16(13(10)11)14(18)19-15(2,3)4/h5-7,12,17H,8-9H2,1-4H3. The van der Waals surface area contributed by atoms with Crippen molar-refractivity contribution < 1.29 is 14.6 Å². The molecule has 1 N–H and O–H groups in total. The van der Waals surface area contributed by atoms with Gasteiger partial charge in [-0.05, 0) is 38.8 Å². The molecule has 0 fully saturated rings. The fourth-order valence-electron chi connectivity index (χ4n) is 2.37. The predicted molar refractivity (Wildman–Crippen MR) is 74.5 cm³/mol. The molecule has 0 bridgehead atoms. The summed E-state index contributed by atoms with van der Waals surface area (Å²) in [6.45, 7) is 7.76. The second-order valence-electron chi connectivity index (χ2n) is 6.03. The van der Waals surface area contributed by atoms with E-state index in [9.17, 15) is 9.90 Å². The number of ether oxygens (including phenoxy) is 1. The second kappa shape index (κ2) is 4.85. The number of benzene rings is 1. The van der Waals surface area contributed by atoms with Gasteiger partial charge < -0.3 is 9.84 Å². The lowest BCUT2D eigenvalue weighted by Crippen LogP contribution is -2.45. The van der Waals surface area contributed by atoms with E-state index in [1.807, 2.05) is 45.9 Å². The Morgan fingerprint density at radius 1 is 1.42 bits per heavy atom. The molecule has 4 nitrogen and oxygen atoms in total. The van der Waals surface area contributed by atoms with Gasteiger partial charge in [-0.15, -0.1) is 0 Å². The van der Waals surface area contributed by atoms with E-state index in [1.54, 1.807) is 4.90 Å². The highest BCUT2D eigenvalue weighted by atomic mass is 16.6. The number of nitrogens with zero attached hydrogens (tertiary/aromatic N) is 1. The van der Waals surface area contributed by atoms with Gasteiger partial charge in [-0.3, -0.25) is 4.90 Å². The Morgan fingerprint density at radius 2 is 2.11 bits per heavy atom. The van der Waals surface area contributed by atoms with Crippen LogP contribution in [0.15, 0.2) is 18.2 Å². The first kappa shape index (κ1) is 13.9. The van der Waals surface area contributed by atoms with Crippen molar-refractivity contribution in [1.82, 2.24) is 0 Å². The number of para-hydroxylation sites is 1. The summed E-state index contributed by atoms with van der Waals surface area (Å²) in [4.78, 5) is 13.8. The molecule has 1 heterocycles. The Bertz CT molecular complexity index is 491. The van der Waals surface area contributed by atoms with Crippen LogP contribution in [-0.4, -0.2) is 29.4 Å². The van der Waals surface area contributed by atoms with Crippen LogP contribution in [0.25, 0.3) is 0 Å². The molecule has 0 spiro atoms. The average Bonchev–Trinajstić information content (AvgIpc) is 2.25. The zero-order chi connectivity index (χ0) is 14.2. The number of carbonyl (C=O) groups excluding carboxylic acids is 1. The second-order valence-corrected chi connectivity index (χ2v) is 6.03. The molecule has 1 aliphatic heterocycles. The number of fused-ring (bicyclic) bond motifs is 1. The molecule has 4 heteroatoms. The summed E-state index contributed by atoms with van der Waals surface area (Å²) in [5, 5.41) is 9.92. The van der Waals surface area contributed by atoms with Gasteiger partial charge >= 0.3 is 6.09 Å². The fourth-order valence-corrected chi connectivity index (χ4v) is 2.37. The number of hydrogen-bond donors (Lipinski definition) is 1. The van der Waals surface area contributed by atoms with Crippen LogP contribution >= 0.6 is 0 Å². The molecule has 1 unspecified atom stereocenters. The summed E-state index contributed by atoms with van der Waals surface area (Å²) in [6, 6.07) is 5.86. The zero-order valence-corrected chi connectivity index (χ0v) is 11.9. The Morgan fingerprint density at radius 3 is 2.74 bits per heavy atom. The van der Waals surface area contributed by atoms with E-state index < -0.39 is 17.8 Å². The lowest BCUT2D eigenvalue weighted by molar-refractivity contribution is 0.0548. The number of carbonyl (C=O) groups is 1. The number of aryl methyl sites for hydroxylation is 1. The van der Waals surface area contributed by atoms with Gasteiger partial charge in [0, 0.05) is 6.42 Å². The molecule has 1 aromatic carbocycles. The molecule has 1 aromatic rings. The highest BCUT2D eigenvalue weighted by Gasteiger charge is 2.31. The summed E-state index contributed by atoms with van der Waals surface area (Å²) < 4.78 is 5.41. The van der Waals surface area contributed by atoms with E-state index in [0.29, 0.717) is 6.42 Å². The normalized spacial score (nSPS) is 19.0. The van der Waals surface area contributed by atoms with Crippen LogP contribution in [0.3, 0.4) is 0 Å². The SMILES string of the molecule is Cc1cccc2c1N(C(=O)OC(C)(C)C)CC(O)C2. The summed E-state index contributed by atoms with van der Waals surface area (Å²) in [7, 11) is 0. The average molecular weight is 263 g/mol. The van der Waals surface area contributed by atoms with Gasteiger partial charge in [-0.2, -0.15) is 0 Å². The molecule has 0 saturated carbocycles. The molecule has 0 radical (unpaired) electrons. The van der Waals surface area contributed by atoms with E-state index in [2.05, 4.69) is 0 Å². The number of amides is 1. The molecule has 19 heavy (non-hydrogen) atoms. The van der Waals surface area contributed by atoms with E-state index in [0.717, 1.165) is 16.8 Å². The van der Waals surface area contributed by atoms with Gasteiger partial charge in [0.25, 0.3) is 0 Å². The van der Waals surface area contributed by atoms with Crippen molar-refractivity contribution >= 4 is 11.8 Å². The fraction of sp³-hybridized carbons (Fsp3) is 0.533. The first-order chi connectivity index (χ1) is 8.78. The molecule has 0 aromatic heterocycles. The van der Waals surface area contributed by atoms with Gasteiger partial charge in [0.15, 0.2) is 0 Å². The van der Waals surface area contributed by atoms with Gasteiger partial charge in [-0.25, -0.2) is 4.79 Å². The van der Waals surface area contributed by atoms with E-state index >= 15 is 0 Å². The van der Waals surface area contributed by atoms with Gasteiger partial charge in [-0.1, -0.05) is 18.2 Å². The highest BCUT2D eigenvalue weighted by Crippen LogP contribution is 2.31. The smallest absolute Gasteiger partial charge is 0.414 e. The number of aliphatic hydroxyl groups excluding tert-OH is 1. The maximum atomic E-state index is 12.3. The Kier molecular flexibility index (Phi) is 3.54. The lowest BCUT2D eigenvalue weighted by atomic mass is 9.97. The zero-order valence-electron chi connectivity index (χ0n) is 11.9. The van der Waals surface area contributed by atoms with Crippen molar-refractivity contribution in [2.75, 3.05) is 11.4 Å². The van der Waals surface area contributed by atoms with Gasteiger partial charge in [0.2, 0.25) is 0 Å². The predicted octanol–water partition coefficient (Wildman–Crippen LogP) is 2.65. The molecule has 0 aliphatic carbocycles. The van der Waals surface area contributed by atoms with Gasteiger partial charge in [0.05, 0.1) is 18.3 Å². The van der Waals surface area contributed by atoms with Crippen LogP contribution in [0.4, 0.5) is 10.5 Å². The summed E-state index contributed by atoms with van der Waals surface area (Å²) in [6.07, 6.45) is -0.361. The molecule has 1 amide bonds. The number of anilines is 1. The minimum atomic E-state index is -0.540. The maximum absolute atomic E-state index is 12.3. The quantitative estimate of drug-likeness (QED) is 0.783. The Balaban J connectivity index is 2.35. The maximum Gasteiger partial charge on any atom is 0.414 e. The largest absolute Gasteiger partial charge is 0.443 e. The molecule has 2 rings (SSSR count). The van der Waals surface area contributed by atoms with Crippen LogP contribution in [0.1, 0.15) is 31.9 Å². The minimum Gasteiger partial charge on any atom is -0.443 e. The number of aliphatic hydroxyl groups is 1. The van der Waals surface area contributed by atoms with Crippen LogP contribution in [0.2, 0.25) is 0 Å². The van der Waals surface area contributed by atoms with Crippen molar-refractivity contribution in [3.05, 3.63) is 29.3 Å². The third-order valence-electron chi connectivity index (χ3n) is 3.05. The topological polar surface area (TPSA) is 49.8 Å².